The summed E-state index contributed by atoms with van der Waals surface area (Å²) in [5, 5.41) is 15.8. The molecule has 50 heavy (non-hydrogen) atoms. The Hall–Kier alpha value is -4.45. The van der Waals surface area contributed by atoms with Gasteiger partial charge in [-0.15, -0.1) is 11.3 Å². The number of anilines is 1. The highest BCUT2D eigenvalue weighted by Gasteiger charge is 2.27. The maximum atomic E-state index is 13.8. The second-order valence-corrected chi connectivity index (χ2v) is 15.2. The SMILES string of the molecule is O=C(O)C(CCCCCCCCCCc1ccccc1)Nc1cccc(CN(Cc2ccc(-c3nccs3)cc2)S(=O)(=O)c2ccccn2)n1. The molecule has 0 aliphatic carbocycles. The third-order valence-electron chi connectivity index (χ3n) is 8.55. The number of thiazole rings is 1. The summed E-state index contributed by atoms with van der Waals surface area (Å²) in [6.07, 6.45) is 13.7. The topological polar surface area (TPSA) is 125 Å². The molecule has 0 spiro atoms. The summed E-state index contributed by atoms with van der Waals surface area (Å²) in [6, 6.07) is 27.5. The summed E-state index contributed by atoms with van der Waals surface area (Å²) >= 11 is 1.54. The molecular weight excluding hydrogens is 667 g/mol. The minimum Gasteiger partial charge on any atom is -0.480 e. The van der Waals surface area contributed by atoms with E-state index in [2.05, 4.69) is 50.6 Å². The molecule has 5 rings (SSSR count). The number of aromatic nitrogens is 3. The van der Waals surface area contributed by atoms with Crippen molar-refractivity contribution in [1.29, 1.82) is 0 Å². The van der Waals surface area contributed by atoms with E-state index in [-0.39, 0.29) is 18.1 Å². The summed E-state index contributed by atoms with van der Waals surface area (Å²) in [7, 11) is -3.98. The molecule has 2 aromatic carbocycles. The van der Waals surface area contributed by atoms with Crippen LogP contribution in [0.4, 0.5) is 5.82 Å². The zero-order chi connectivity index (χ0) is 35.0. The smallest absolute Gasteiger partial charge is 0.326 e. The number of aliphatic carboxylic acids is 1. The van der Waals surface area contributed by atoms with E-state index >= 15 is 0 Å². The first kappa shape index (κ1) is 36.8. The van der Waals surface area contributed by atoms with Gasteiger partial charge in [-0.25, -0.2) is 28.2 Å². The van der Waals surface area contributed by atoms with Crippen molar-refractivity contribution in [2.24, 2.45) is 0 Å². The number of unbranched alkanes of at least 4 members (excludes halogenated alkanes) is 7. The molecule has 3 aromatic heterocycles. The molecule has 1 atom stereocenters. The van der Waals surface area contributed by atoms with Gasteiger partial charge in [0.25, 0.3) is 10.0 Å². The Labute approximate surface area is 299 Å². The van der Waals surface area contributed by atoms with Gasteiger partial charge in [-0.3, -0.25) is 0 Å². The Balaban J connectivity index is 1.13. The molecule has 2 N–H and O–H groups in total. The Kier molecular flexibility index (Phi) is 14.0. The second-order valence-electron chi connectivity index (χ2n) is 12.4. The van der Waals surface area contributed by atoms with Crippen molar-refractivity contribution in [1.82, 2.24) is 19.3 Å². The van der Waals surface area contributed by atoms with Gasteiger partial charge in [0, 0.05) is 29.9 Å². The number of rotatable bonds is 21. The number of sulfonamides is 1. The maximum absolute atomic E-state index is 13.8. The highest BCUT2D eigenvalue weighted by molar-refractivity contribution is 7.89. The molecule has 0 saturated heterocycles. The number of nitrogens with zero attached hydrogens (tertiary/aromatic N) is 4. The van der Waals surface area contributed by atoms with Crippen molar-refractivity contribution in [3.63, 3.8) is 0 Å². The van der Waals surface area contributed by atoms with Crippen LogP contribution in [0.25, 0.3) is 10.6 Å². The number of carboxylic acid groups (broad SMARTS) is 1. The van der Waals surface area contributed by atoms with Crippen LogP contribution in [-0.4, -0.2) is 44.8 Å². The molecule has 0 radical (unpaired) electrons. The molecular formula is C39H45N5O4S2. The number of hydrogen-bond acceptors (Lipinski definition) is 8. The number of pyridine rings is 2. The van der Waals surface area contributed by atoms with Crippen molar-refractivity contribution >= 4 is 33.1 Å². The van der Waals surface area contributed by atoms with Crippen LogP contribution in [0.2, 0.25) is 0 Å². The molecule has 11 heteroatoms. The average molecular weight is 712 g/mol. The molecule has 0 saturated carbocycles. The first-order valence-electron chi connectivity index (χ1n) is 17.3. The van der Waals surface area contributed by atoms with E-state index in [1.807, 2.05) is 29.6 Å². The van der Waals surface area contributed by atoms with E-state index in [0.717, 1.165) is 48.2 Å². The van der Waals surface area contributed by atoms with Gasteiger partial charge >= 0.3 is 5.97 Å². The van der Waals surface area contributed by atoms with E-state index in [1.165, 1.54) is 59.2 Å². The van der Waals surface area contributed by atoms with Gasteiger partial charge in [-0.2, -0.15) is 4.31 Å². The predicted molar refractivity (Wildman–Crippen MR) is 199 cm³/mol. The van der Waals surface area contributed by atoms with Gasteiger partial charge < -0.3 is 10.4 Å². The lowest BCUT2D eigenvalue weighted by Gasteiger charge is -2.22. The molecule has 262 valence electrons. The first-order valence-corrected chi connectivity index (χ1v) is 19.6. The minimum absolute atomic E-state index is 0.0212. The van der Waals surface area contributed by atoms with Gasteiger partial charge in [-0.1, -0.05) is 112 Å². The van der Waals surface area contributed by atoms with E-state index in [9.17, 15) is 18.3 Å². The van der Waals surface area contributed by atoms with Crippen LogP contribution >= 0.6 is 11.3 Å². The lowest BCUT2D eigenvalue weighted by atomic mass is 10.0. The molecule has 9 nitrogen and oxygen atoms in total. The Bertz CT molecular complexity index is 1840. The third-order valence-corrected chi connectivity index (χ3v) is 11.1. The number of benzene rings is 2. The van der Waals surface area contributed by atoms with Crippen molar-refractivity contribution in [3.05, 3.63) is 126 Å². The fourth-order valence-electron chi connectivity index (χ4n) is 5.83. The highest BCUT2D eigenvalue weighted by Crippen LogP contribution is 2.25. The molecule has 0 aliphatic heterocycles. The van der Waals surface area contributed by atoms with E-state index in [4.69, 9.17) is 0 Å². The maximum Gasteiger partial charge on any atom is 0.326 e. The number of carboxylic acids is 1. The number of hydrogen-bond donors (Lipinski definition) is 2. The Morgan fingerprint density at radius 2 is 1.46 bits per heavy atom. The number of aryl methyl sites for hydroxylation is 1. The van der Waals surface area contributed by atoms with Crippen molar-refractivity contribution < 1.29 is 18.3 Å². The fourth-order valence-corrected chi connectivity index (χ4v) is 7.80. The molecule has 5 aromatic rings. The lowest BCUT2D eigenvalue weighted by Crippen LogP contribution is -2.32. The normalized spacial score (nSPS) is 12.2. The van der Waals surface area contributed by atoms with Crippen LogP contribution < -0.4 is 5.32 Å². The molecule has 0 amide bonds. The predicted octanol–water partition coefficient (Wildman–Crippen LogP) is 8.61. The molecule has 1 unspecified atom stereocenters. The Morgan fingerprint density at radius 3 is 2.14 bits per heavy atom. The van der Waals surface area contributed by atoms with Gasteiger partial charge in [0.15, 0.2) is 5.03 Å². The fraction of sp³-hybridized carbons (Fsp3) is 0.333. The summed E-state index contributed by atoms with van der Waals surface area (Å²) in [6.45, 7) is 0.0779. The van der Waals surface area contributed by atoms with Crippen LogP contribution in [-0.2, 0) is 34.3 Å². The van der Waals surface area contributed by atoms with E-state index < -0.39 is 22.0 Å². The second kappa shape index (κ2) is 19.1. The van der Waals surface area contributed by atoms with E-state index in [1.54, 1.807) is 36.5 Å². The zero-order valence-electron chi connectivity index (χ0n) is 28.2. The van der Waals surface area contributed by atoms with Gasteiger partial charge in [0.2, 0.25) is 0 Å². The number of carbonyl (C=O) groups is 1. The molecule has 3 heterocycles. The molecule has 0 fully saturated rings. The van der Waals surface area contributed by atoms with Crippen molar-refractivity contribution in [3.8, 4) is 10.6 Å². The van der Waals surface area contributed by atoms with Crippen LogP contribution in [0.5, 0.6) is 0 Å². The summed E-state index contributed by atoms with van der Waals surface area (Å²) in [4.78, 5) is 25.2. The van der Waals surface area contributed by atoms with Crippen LogP contribution in [0, 0.1) is 0 Å². The van der Waals surface area contributed by atoms with Gasteiger partial charge in [-0.05, 0) is 54.7 Å². The van der Waals surface area contributed by atoms with Crippen LogP contribution in [0.15, 0.2) is 114 Å². The summed E-state index contributed by atoms with van der Waals surface area (Å²) < 4.78 is 28.9. The van der Waals surface area contributed by atoms with Crippen LogP contribution in [0.3, 0.4) is 0 Å². The standard InChI is InChI=1S/C39H45N5O4S2/c45-39(46)35(19-11-6-4-2-1-3-5-8-15-31-16-9-7-10-17-31)43-36-20-14-18-34(42-36)30-44(50(47,48)37-21-12-13-26-40-37)29-32-22-24-33(25-23-32)38-41-27-28-49-38/h7,9-10,12-14,16-18,20-28,35H,1-6,8,11,15,19,29-30H2,(H,42,43)(H,45,46). The zero-order valence-corrected chi connectivity index (χ0v) is 29.9. The monoisotopic (exact) mass is 711 g/mol. The largest absolute Gasteiger partial charge is 0.480 e. The quantitative estimate of drug-likeness (QED) is 0.0725. The highest BCUT2D eigenvalue weighted by atomic mass is 32.2. The summed E-state index contributed by atoms with van der Waals surface area (Å²) in [5.74, 6) is -0.537. The van der Waals surface area contributed by atoms with Crippen molar-refractivity contribution in [2.75, 3.05) is 5.32 Å². The minimum atomic E-state index is -3.98. The Morgan fingerprint density at radius 1 is 0.740 bits per heavy atom. The van der Waals surface area contributed by atoms with Crippen LogP contribution in [0.1, 0.15) is 74.6 Å². The third kappa shape index (κ3) is 11.3. The van der Waals surface area contributed by atoms with Crippen molar-refractivity contribution in [2.45, 2.75) is 88.4 Å². The average Bonchev–Trinajstić information content (AvgIpc) is 3.68. The number of nitrogens with one attached hydrogen (secondary N) is 1. The summed E-state index contributed by atoms with van der Waals surface area (Å²) in [5.41, 5.74) is 3.65. The molecule has 0 aliphatic rings. The van der Waals surface area contributed by atoms with Gasteiger partial charge in [0.05, 0.1) is 12.2 Å². The first-order chi connectivity index (χ1) is 24.4. The van der Waals surface area contributed by atoms with E-state index in [0.29, 0.717) is 17.9 Å². The molecule has 0 bridgehead atoms. The van der Waals surface area contributed by atoms with Gasteiger partial charge in [0.1, 0.15) is 16.9 Å². The lowest BCUT2D eigenvalue weighted by molar-refractivity contribution is -0.138.